The molecule has 3 fully saturated rings. The first kappa shape index (κ1) is 43.0. The van der Waals surface area contributed by atoms with Gasteiger partial charge in [-0.2, -0.15) is 0 Å². The van der Waals surface area contributed by atoms with Crippen molar-refractivity contribution < 1.29 is 26.5 Å². The average Bonchev–Trinajstić information content (AvgIpc) is 3.20. The van der Waals surface area contributed by atoms with Crippen LogP contribution >= 0.6 is 0 Å². The van der Waals surface area contributed by atoms with Gasteiger partial charge in [-0.05, 0) is 87.7 Å². The fraction of sp³-hybridized carbons (Fsp3) is 0.651. The minimum Gasteiger partial charge on any atom is -0.612 e. The molecule has 0 saturated carbocycles. The highest BCUT2D eigenvalue weighted by molar-refractivity contribution is 7.91. The van der Waals surface area contributed by atoms with E-state index in [1.54, 1.807) is 24.5 Å². The van der Waals surface area contributed by atoms with Crippen LogP contribution in [-0.4, -0.2) is 117 Å². The summed E-state index contributed by atoms with van der Waals surface area (Å²) in [7, 11) is -2.25. The van der Waals surface area contributed by atoms with Gasteiger partial charge in [0.05, 0.1) is 22.7 Å². The normalized spacial score (nSPS) is 19.2. The minimum absolute atomic E-state index is 0.117. The van der Waals surface area contributed by atoms with E-state index in [0.29, 0.717) is 53.1 Å². The zero-order valence-electron chi connectivity index (χ0n) is 33.8. The van der Waals surface area contributed by atoms with Crippen molar-refractivity contribution in [1.82, 2.24) is 19.7 Å². The van der Waals surface area contributed by atoms with Crippen LogP contribution in [0.15, 0.2) is 51.2 Å². The molecule has 4 heterocycles. The first-order valence-electron chi connectivity index (χ1n) is 21.1. The first-order valence-corrected chi connectivity index (χ1v) is 24.2. The van der Waals surface area contributed by atoms with Crippen molar-refractivity contribution in [3.8, 4) is 5.75 Å². The second-order valence-corrected chi connectivity index (χ2v) is 19.5. The molecule has 310 valence electrons. The molecule has 1 unspecified atom stereocenters. The number of pyridine rings is 1. The Bertz CT molecular complexity index is 1800. The number of hydrogen-bond donors (Lipinski definition) is 0. The molecule has 0 radical (unpaired) electrons. The number of fused-ring (bicyclic) bond motifs is 1. The lowest BCUT2D eigenvalue weighted by atomic mass is 9.96. The number of hydrogen-bond acceptors (Lipinski definition) is 9. The fourth-order valence-corrected chi connectivity index (χ4v) is 10.8. The lowest BCUT2D eigenvalue weighted by molar-refractivity contribution is 0.0495. The van der Waals surface area contributed by atoms with E-state index in [9.17, 15) is 13.0 Å². The third-order valence-corrected chi connectivity index (χ3v) is 14.9. The number of unbranched alkanes of at least 4 members (excludes halogenated alkanes) is 9. The molecule has 0 spiro atoms. The van der Waals surface area contributed by atoms with E-state index >= 15 is 8.78 Å². The van der Waals surface area contributed by atoms with Gasteiger partial charge >= 0.3 is 0 Å². The Morgan fingerprint density at radius 1 is 0.786 bits per heavy atom. The number of rotatable bonds is 18. The summed E-state index contributed by atoms with van der Waals surface area (Å²) in [4.78, 5) is 14.2. The molecule has 2 aromatic carbocycles. The Balaban J connectivity index is 1.13. The van der Waals surface area contributed by atoms with Gasteiger partial charge in [-0.15, -0.1) is 0 Å². The Labute approximate surface area is 337 Å². The third kappa shape index (κ3) is 10.7. The molecule has 0 bridgehead atoms. The van der Waals surface area contributed by atoms with E-state index in [-0.39, 0.29) is 11.5 Å². The van der Waals surface area contributed by atoms with Gasteiger partial charge in [0.2, 0.25) is 9.84 Å². The summed E-state index contributed by atoms with van der Waals surface area (Å²) in [6.07, 6.45) is 18.2. The van der Waals surface area contributed by atoms with E-state index in [1.807, 2.05) is 0 Å². The Morgan fingerprint density at radius 3 is 1.93 bits per heavy atom. The fourth-order valence-electron chi connectivity index (χ4n) is 8.82. The average molecular weight is 816 g/mol. The van der Waals surface area contributed by atoms with Crippen LogP contribution in [0.2, 0.25) is 0 Å². The largest absolute Gasteiger partial charge is 0.612 e. The van der Waals surface area contributed by atoms with Crippen molar-refractivity contribution in [2.75, 3.05) is 77.2 Å². The summed E-state index contributed by atoms with van der Waals surface area (Å²) in [5.74, 6) is -2.65. The second kappa shape index (κ2) is 20.4. The number of anilines is 1. The number of piperidine rings is 2. The van der Waals surface area contributed by atoms with E-state index in [4.69, 9.17) is 4.74 Å². The van der Waals surface area contributed by atoms with Crippen LogP contribution < -0.4 is 9.64 Å². The molecule has 0 aliphatic carbocycles. The smallest absolute Gasteiger partial charge is 0.210 e. The van der Waals surface area contributed by atoms with E-state index in [2.05, 4.69) is 38.6 Å². The molecule has 3 aromatic rings. The lowest BCUT2D eigenvalue weighted by Crippen LogP contribution is -2.54. The van der Waals surface area contributed by atoms with Gasteiger partial charge in [0.25, 0.3) is 0 Å². The molecular weight excluding hydrogens is 753 g/mol. The van der Waals surface area contributed by atoms with Gasteiger partial charge in [0.15, 0.2) is 22.3 Å². The van der Waals surface area contributed by atoms with E-state index in [1.165, 1.54) is 44.7 Å². The Morgan fingerprint density at radius 2 is 1.34 bits per heavy atom. The number of aromatic nitrogens is 1. The topological polar surface area (TPSA) is 92.3 Å². The second-order valence-electron chi connectivity index (χ2n) is 16.2. The number of piperazine rings is 1. The first-order chi connectivity index (χ1) is 27.1. The zero-order chi connectivity index (χ0) is 39.7. The summed E-state index contributed by atoms with van der Waals surface area (Å²) in [6, 6.07) is 7.97. The summed E-state index contributed by atoms with van der Waals surface area (Å²) >= 11 is -1.32. The highest BCUT2D eigenvalue weighted by Crippen LogP contribution is 2.40. The van der Waals surface area contributed by atoms with Crippen molar-refractivity contribution >= 4 is 37.6 Å². The van der Waals surface area contributed by atoms with Crippen LogP contribution in [0.1, 0.15) is 96.8 Å². The summed E-state index contributed by atoms with van der Waals surface area (Å²) in [5.41, 5.74) is 1.01. The third-order valence-electron chi connectivity index (χ3n) is 12.3. The van der Waals surface area contributed by atoms with Gasteiger partial charge in [0, 0.05) is 69.0 Å². The lowest BCUT2D eigenvalue weighted by Gasteiger charge is -2.46. The highest BCUT2D eigenvalue weighted by atomic mass is 32.2. The van der Waals surface area contributed by atoms with E-state index in [0.717, 1.165) is 96.3 Å². The maximum atomic E-state index is 15.5. The standard InChI is InChI=1S/C43H63F2N5O4S2/c1-4-5-6-7-8-9-10-11-12-13-28-54-43-38(44)30-36(31-39(43)45)56(52,53)41-32-46-40-15-14-35(55(3)51)29-37(40)42(41)50-22-18-33(19-23-50)48-20-16-34(17-21-48)49-26-24-47(2)25-27-49/h14-15,29-34H,4-13,16-28H2,1-3H3. The highest BCUT2D eigenvalue weighted by Gasteiger charge is 2.34. The predicted molar refractivity (Wildman–Crippen MR) is 222 cm³/mol. The molecule has 13 heteroatoms. The molecule has 1 aromatic heterocycles. The maximum absolute atomic E-state index is 15.5. The molecule has 9 nitrogen and oxygen atoms in total. The molecule has 1 atom stereocenters. The maximum Gasteiger partial charge on any atom is 0.210 e. The van der Waals surface area contributed by atoms with E-state index < -0.39 is 43.3 Å². The minimum atomic E-state index is -4.44. The quantitative estimate of drug-likeness (QED) is 0.0935. The van der Waals surface area contributed by atoms with Gasteiger partial charge in [-0.25, -0.2) is 17.2 Å². The van der Waals surface area contributed by atoms with Crippen LogP contribution in [0.3, 0.4) is 0 Å². The number of benzene rings is 2. The van der Waals surface area contributed by atoms with Crippen molar-refractivity contribution in [1.29, 1.82) is 0 Å². The van der Waals surface area contributed by atoms with Crippen LogP contribution in [0.25, 0.3) is 10.9 Å². The molecule has 6 rings (SSSR count). The number of nitrogens with zero attached hydrogens (tertiary/aromatic N) is 5. The van der Waals surface area contributed by atoms with Crippen molar-refractivity contribution in [3.63, 3.8) is 0 Å². The molecule has 0 amide bonds. The van der Waals surface area contributed by atoms with Crippen LogP contribution in [0.4, 0.5) is 14.5 Å². The van der Waals surface area contributed by atoms with Crippen molar-refractivity contribution in [2.45, 2.75) is 124 Å². The number of likely N-dealkylation sites (tertiary alicyclic amines) is 1. The van der Waals surface area contributed by atoms with Crippen molar-refractivity contribution in [2.24, 2.45) is 0 Å². The number of halogens is 2. The molecular formula is C43H63F2N5O4S2. The van der Waals surface area contributed by atoms with Crippen LogP contribution in [0, 0.1) is 11.6 Å². The van der Waals surface area contributed by atoms with Gasteiger partial charge < -0.3 is 24.0 Å². The number of sulfone groups is 1. The van der Waals surface area contributed by atoms with Gasteiger partial charge in [0.1, 0.15) is 11.2 Å². The summed E-state index contributed by atoms with van der Waals surface area (Å²) in [5, 5.41) is 0.558. The molecule has 0 N–H and O–H groups in total. The SMILES string of the molecule is CCCCCCCCCCCCOc1c(F)cc(S(=O)(=O)c2cnc3ccc([S+](C)[O-])cc3c2N2CCC(N3CCC(N4CCN(C)CC4)CC3)CC2)cc1F. The summed E-state index contributed by atoms with van der Waals surface area (Å²) in [6.45, 7) is 10.2. The van der Waals surface area contributed by atoms with Crippen LogP contribution in [-0.2, 0) is 21.0 Å². The Kier molecular flexibility index (Phi) is 15.7. The monoisotopic (exact) mass is 815 g/mol. The zero-order valence-corrected chi connectivity index (χ0v) is 35.5. The van der Waals surface area contributed by atoms with Crippen LogP contribution in [0.5, 0.6) is 5.75 Å². The summed E-state index contributed by atoms with van der Waals surface area (Å²) < 4.78 is 77.9. The number of likely N-dealkylation sites (N-methyl/N-ethyl adjacent to an activating group) is 1. The Hall–Kier alpha value is -2.55. The van der Waals surface area contributed by atoms with Crippen molar-refractivity contribution in [3.05, 3.63) is 48.2 Å². The molecule has 3 saturated heterocycles. The number of ether oxygens (including phenoxy) is 1. The molecule has 3 aliphatic heterocycles. The molecule has 3 aliphatic rings. The van der Waals surface area contributed by atoms with Gasteiger partial charge in [-0.1, -0.05) is 64.7 Å². The predicted octanol–water partition coefficient (Wildman–Crippen LogP) is 8.06. The van der Waals surface area contributed by atoms with Gasteiger partial charge in [-0.3, -0.25) is 9.88 Å². The molecule has 56 heavy (non-hydrogen) atoms.